The number of anilines is 1. The van der Waals surface area contributed by atoms with E-state index >= 15 is 0 Å². The van der Waals surface area contributed by atoms with Crippen molar-refractivity contribution in [2.75, 3.05) is 23.5 Å². The molecule has 0 fully saturated rings. The van der Waals surface area contributed by atoms with Crippen molar-refractivity contribution in [3.05, 3.63) is 48.0 Å². The molecular formula is C22H26FN7O3. The van der Waals surface area contributed by atoms with Crippen molar-refractivity contribution < 1.29 is 19.4 Å². The standard InChI is InChI=1S/C22H26FN7O3/c1-21(2,13-31)28-17-5-6-25-11-16(17)20(32)29(12-18(23)22(3,4)33)30-19-15(10-27-30)7-14(8-24)9-26-19/h5-7,9-11,18,31,33H,12-13H2,1-4H3,(H,25,28). The Kier molecular flexibility index (Phi) is 6.62. The minimum atomic E-state index is -1.82. The highest BCUT2D eigenvalue weighted by molar-refractivity contribution is 6.06. The molecule has 3 aromatic rings. The topological polar surface area (TPSA) is 140 Å². The average molecular weight is 455 g/mol. The van der Waals surface area contributed by atoms with Crippen LogP contribution in [0.15, 0.2) is 36.9 Å². The van der Waals surface area contributed by atoms with Crippen molar-refractivity contribution in [1.29, 1.82) is 5.26 Å². The number of amides is 1. The van der Waals surface area contributed by atoms with Gasteiger partial charge in [0, 0.05) is 24.0 Å². The number of nitrogens with one attached hydrogen (secondary N) is 1. The second-order valence-electron chi connectivity index (χ2n) is 8.88. The molecule has 33 heavy (non-hydrogen) atoms. The SMILES string of the molecule is CC(C)(CO)Nc1ccncc1C(=O)N(CC(F)C(C)(C)O)n1ncc2cc(C#N)cnc21. The van der Waals surface area contributed by atoms with E-state index < -0.39 is 29.8 Å². The number of aliphatic hydroxyl groups is 2. The van der Waals surface area contributed by atoms with Gasteiger partial charge < -0.3 is 15.5 Å². The summed E-state index contributed by atoms with van der Waals surface area (Å²) in [5, 5.41) is 37.7. The van der Waals surface area contributed by atoms with E-state index in [1.165, 1.54) is 38.6 Å². The van der Waals surface area contributed by atoms with E-state index in [0.29, 0.717) is 16.6 Å². The van der Waals surface area contributed by atoms with Gasteiger partial charge >= 0.3 is 0 Å². The first kappa shape index (κ1) is 24.0. The minimum absolute atomic E-state index is 0.110. The van der Waals surface area contributed by atoms with E-state index in [-0.39, 0.29) is 17.8 Å². The maximum Gasteiger partial charge on any atom is 0.277 e. The number of alkyl halides is 1. The lowest BCUT2D eigenvalue weighted by Crippen LogP contribution is -2.50. The molecule has 11 heteroatoms. The lowest BCUT2D eigenvalue weighted by atomic mass is 10.0. The first-order chi connectivity index (χ1) is 15.5. The van der Waals surface area contributed by atoms with Gasteiger partial charge in [0.2, 0.25) is 0 Å². The van der Waals surface area contributed by atoms with Gasteiger partial charge in [0.25, 0.3) is 5.91 Å². The number of hydrogen-bond acceptors (Lipinski definition) is 8. The van der Waals surface area contributed by atoms with Crippen LogP contribution in [0, 0.1) is 11.3 Å². The van der Waals surface area contributed by atoms with Crippen molar-refractivity contribution in [3.63, 3.8) is 0 Å². The van der Waals surface area contributed by atoms with Gasteiger partial charge in [-0.05, 0) is 39.8 Å². The van der Waals surface area contributed by atoms with Crippen molar-refractivity contribution >= 4 is 22.6 Å². The number of carbonyl (C=O) groups excluding carboxylic acids is 1. The summed E-state index contributed by atoms with van der Waals surface area (Å²) in [5.41, 5.74) is -1.43. The Bertz CT molecular complexity index is 1200. The van der Waals surface area contributed by atoms with Crippen molar-refractivity contribution in [1.82, 2.24) is 19.9 Å². The fourth-order valence-corrected chi connectivity index (χ4v) is 2.98. The third-order valence-corrected chi connectivity index (χ3v) is 5.00. The van der Waals surface area contributed by atoms with Crippen molar-refractivity contribution in [2.24, 2.45) is 0 Å². The van der Waals surface area contributed by atoms with Crippen LogP contribution in [0.3, 0.4) is 0 Å². The number of nitrogens with zero attached hydrogens (tertiary/aromatic N) is 6. The van der Waals surface area contributed by atoms with Crippen LogP contribution in [0.4, 0.5) is 10.1 Å². The molecule has 0 bridgehead atoms. The molecule has 0 spiro atoms. The van der Waals surface area contributed by atoms with Gasteiger partial charge in [0.1, 0.15) is 12.2 Å². The molecule has 3 rings (SSSR count). The molecule has 0 saturated carbocycles. The summed E-state index contributed by atoms with van der Waals surface area (Å²) in [5.74, 6) is -0.651. The van der Waals surface area contributed by atoms with Crippen LogP contribution in [0.2, 0.25) is 0 Å². The number of halogens is 1. The van der Waals surface area contributed by atoms with E-state index in [1.807, 2.05) is 6.07 Å². The van der Waals surface area contributed by atoms with E-state index in [4.69, 9.17) is 5.26 Å². The molecule has 0 saturated heterocycles. The molecule has 0 aliphatic heterocycles. The lowest BCUT2D eigenvalue weighted by molar-refractivity contribution is -0.00130. The summed E-state index contributed by atoms with van der Waals surface area (Å²) in [7, 11) is 0. The number of rotatable bonds is 8. The highest BCUT2D eigenvalue weighted by Crippen LogP contribution is 2.23. The van der Waals surface area contributed by atoms with Gasteiger partial charge in [-0.25, -0.2) is 14.4 Å². The number of nitriles is 1. The molecule has 0 aromatic carbocycles. The maximum atomic E-state index is 15.0. The summed E-state index contributed by atoms with van der Waals surface area (Å²) >= 11 is 0. The first-order valence-corrected chi connectivity index (χ1v) is 10.2. The molecule has 1 amide bonds. The summed E-state index contributed by atoms with van der Waals surface area (Å²) in [6.45, 7) is 5.39. The largest absolute Gasteiger partial charge is 0.394 e. The smallest absolute Gasteiger partial charge is 0.277 e. The van der Waals surface area contributed by atoms with E-state index in [2.05, 4.69) is 20.4 Å². The molecule has 10 nitrogen and oxygen atoms in total. The summed E-state index contributed by atoms with van der Waals surface area (Å²) in [4.78, 5) is 23.0. The van der Waals surface area contributed by atoms with Gasteiger partial charge in [-0.3, -0.25) is 9.78 Å². The summed E-state index contributed by atoms with van der Waals surface area (Å²) in [6, 6.07) is 5.11. The number of pyridine rings is 2. The van der Waals surface area contributed by atoms with E-state index in [1.54, 1.807) is 26.0 Å². The quantitative estimate of drug-likeness (QED) is 0.467. The highest BCUT2D eigenvalue weighted by atomic mass is 19.1. The molecule has 0 radical (unpaired) electrons. The van der Waals surface area contributed by atoms with Crippen LogP contribution < -0.4 is 10.3 Å². The van der Waals surface area contributed by atoms with Crippen LogP contribution in [0.1, 0.15) is 43.6 Å². The maximum absolute atomic E-state index is 15.0. The van der Waals surface area contributed by atoms with Crippen LogP contribution in [-0.2, 0) is 0 Å². The van der Waals surface area contributed by atoms with Gasteiger partial charge in [-0.2, -0.15) is 10.4 Å². The Hall–Kier alpha value is -3.62. The monoisotopic (exact) mass is 455 g/mol. The van der Waals surface area contributed by atoms with Gasteiger partial charge in [-0.15, -0.1) is 4.79 Å². The normalized spacial score (nSPS) is 12.9. The predicted molar refractivity (Wildman–Crippen MR) is 120 cm³/mol. The zero-order valence-electron chi connectivity index (χ0n) is 18.8. The number of carbonyl (C=O) groups is 1. The van der Waals surface area contributed by atoms with Gasteiger partial charge in [-0.1, -0.05) is 0 Å². The summed E-state index contributed by atoms with van der Waals surface area (Å²) in [6.07, 6.45) is 3.74. The lowest BCUT2D eigenvalue weighted by Gasteiger charge is -2.31. The van der Waals surface area contributed by atoms with Gasteiger partial charge in [0.15, 0.2) is 5.65 Å². The molecule has 174 valence electrons. The number of aromatic nitrogens is 4. The average Bonchev–Trinajstić information content (AvgIpc) is 3.19. The Morgan fingerprint density at radius 3 is 2.70 bits per heavy atom. The fourth-order valence-electron chi connectivity index (χ4n) is 2.98. The molecule has 1 atom stereocenters. The third-order valence-electron chi connectivity index (χ3n) is 5.00. The zero-order chi connectivity index (χ0) is 24.4. The van der Waals surface area contributed by atoms with Crippen LogP contribution >= 0.6 is 0 Å². The Morgan fingerprint density at radius 1 is 1.33 bits per heavy atom. The molecule has 3 N–H and O–H groups in total. The summed E-state index contributed by atoms with van der Waals surface area (Å²) < 4.78 is 15.0. The second-order valence-corrected chi connectivity index (χ2v) is 8.88. The first-order valence-electron chi connectivity index (χ1n) is 10.2. The zero-order valence-corrected chi connectivity index (χ0v) is 18.8. The van der Waals surface area contributed by atoms with E-state index in [0.717, 1.165) is 9.80 Å². The molecule has 3 aromatic heterocycles. The fraction of sp³-hybridized carbons (Fsp3) is 0.409. The number of fused-ring (bicyclic) bond motifs is 1. The van der Waals surface area contributed by atoms with Gasteiger partial charge in [0.05, 0.1) is 47.3 Å². The number of aliphatic hydroxyl groups excluding tert-OH is 1. The van der Waals surface area contributed by atoms with Crippen LogP contribution in [0.25, 0.3) is 11.0 Å². The molecule has 0 aliphatic rings. The predicted octanol–water partition coefficient (Wildman–Crippen LogP) is 1.77. The molecule has 0 aliphatic carbocycles. The molecule has 1 unspecified atom stereocenters. The molecular weight excluding hydrogens is 429 g/mol. The highest BCUT2D eigenvalue weighted by Gasteiger charge is 2.34. The Balaban J connectivity index is 2.10. The third kappa shape index (κ3) is 5.24. The Labute approximate surface area is 190 Å². The second kappa shape index (κ2) is 9.09. The Morgan fingerprint density at radius 2 is 2.06 bits per heavy atom. The van der Waals surface area contributed by atoms with E-state index in [9.17, 15) is 19.4 Å². The van der Waals surface area contributed by atoms with Crippen LogP contribution in [-0.4, -0.2) is 66.4 Å². The van der Waals surface area contributed by atoms with Crippen LogP contribution in [0.5, 0.6) is 0 Å². The van der Waals surface area contributed by atoms with Crippen molar-refractivity contribution in [2.45, 2.75) is 45.0 Å². The minimum Gasteiger partial charge on any atom is -0.394 e. The molecule has 3 heterocycles. The number of hydrogen-bond donors (Lipinski definition) is 3. The van der Waals surface area contributed by atoms with Crippen molar-refractivity contribution in [3.8, 4) is 6.07 Å².